The lowest BCUT2D eigenvalue weighted by Gasteiger charge is -2.10. The van der Waals surface area contributed by atoms with Crippen LogP contribution in [-0.4, -0.2) is 20.3 Å². The van der Waals surface area contributed by atoms with Gasteiger partial charge in [-0.15, -0.1) is 0 Å². The maximum Gasteiger partial charge on any atom is 0.278 e. The van der Waals surface area contributed by atoms with Crippen LogP contribution in [0, 0.1) is 0 Å². The second-order valence-corrected chi connectivity index (χ2v) is 4.64. The number of nitrogens with one attached hydrogen (secondary N) is 1. The maximum atomic E-state index is 12.4. The summed E-state index contributed by atoms with van der Waals surface area (Å²) in [6, 6.07) is 7.11. The molecule has 96 valence electrons. The molecule has 3 aromatic rings. The molecule has 1 aromatic carbocycles. The Labute approximate surface area is 108 Å². The molecule has 3 rings (SSSR count). The van der Waals surface area contributed by atoms with Gasteiger partial charge >= 0.3 is 0 Å². The fourth-order valence-corrected chi connectivity index (χ4v) is 2.19. The summed E-state index contributed by atoms with van der Waals surface area (Å²) in [6.45, 7) is 3.16. The van der Waals surface area contributed by atoms with E-state index in [1.165, 1.54) is 17.8 Å². The number of hydrogen-bond donors (Lipinski definition) is 1. The first-order chi connectivity index (χ1) is 9.09. The average molecular weight is 255 g/mol. The van der Waals surface area contributed by atoms with Gasteiger partial charge in [-0.25, -0.2) is 4.98 Å². The summed E-state index contributed by atoms with van der Waals surface area (Å²) in [6.07, 6.45) is 1.44. The van der Waals surface area contributed by atoms with Crippen molar-refractivity contribution in [1.82, 2.24) is 14.5 Å². The van der Waals surface area contributed by atoms with Crippen molar-refractivity contribution in [3.63, 3.8) is 0 Å². The third-order valence-electron chi connectivity index (χ3n) is 3.44. The van der Waals surface area contributed by atoms with E-state index in [0.29, 0.717) is 11.0 Å². The summed E-state index contributed by atoms with van der Waals surface area (Å²) in [7, 11) is 0. The van der Waals surface area contributed by atoms with Gasteiger partial charge in [0.25, 0.3) is 5.56 Å². The van der Waals surface area contributed by atoms with Crippen molar-refractivity contribution >= 4 is 27.7 Å². The van der Waals surface area contributed by atoms with Crippen LogP contribution in [0.4, 0.5) is 0 Å². The van der Waals surface area contributed by atoms with Crippen molar-refractivity contribution in [1.29, 1.82) is 0 Å². The van der Waals surface area contributed by atoms with Gasteiger partial charge in [-0.3, -0.25) is 14.2 Å². The van der Waals surface area contributed by atoms with Crippen LogP contribution in [0.25, 0.3) is 21.9 Å². The Kier molecular flexibility index (Phi) is 2.48. The molecule has 0 radical (unpaired) electrons. The number of carbonyl (C=O) groups excluding carboxylic acids is 1. The summed E-state index contributed by atoms with van der Waals surface area (Å²) in [5, 5.41) is 0.914. The fourth-order valence-electron chi connectivity index (χ4n) is 2.19. The van der Waals surface area contributed by atoms with Gasteiger partial charge in [0.1, 0.15) is 11.0 Å². The molecule has 5 heteroatoms. The molecule has 1 unspecified atom stereocenters. The Hall–Kier alpha value is -2.43. The highest BCUT2D eigenvalue weighted by atomic mass is 16.1. The van der Waals surface area contributed by atoms with E-state index in [2.05, 4.69) is 9.97 Å². The molecule has 0 saturated carbocycles. The summed E-state index contributed by atoms with van der Waals surface area (Å²) < 4.78 is 1.36. The molecule has 0 bridgehead atoms. The number of nitrogens with zero attached hydrogens (tertiary/aromatic N) is 2. The normalized spacial score (nSPS) is 12.9. The van der Waals surface area contributed by atoms with Gasteiger partial charge in [0.15, 0.2) is 5.78 Å². The molecule has 2 aromatic heterocycles. The number of fused-ring (bicyclic) bond motifs is 3. The molecule has 0 amide bonds. The molecule has 1 atom stereocenters. The van der Waals surface area contributed by atoms with Crippen molar-refractivity contribution in [3.05, 3.63) is 40.9 Å². The summed E-state index contributed by atoms with van der Waals surface area (Å²) in [5.41, 5.74) is 1.74. The number of rotatable bonds is 2. The number of benzene rings is 1. The third-order valence-corrected chi connectivity index (χ3v) is 3.44. The van der Waals surface area contributed by atoms with Crippen LogP contribution in [0.15, 0.2) is 35.4 Å². The van der Waals surface area contributed by atoms with E-state index < -0.39 is 6.04 Å². The van der Waals surface area contributed by atoms with Gasteiger partial charge in [0, 0.05) is 10.9 Å². The minimum Gasteiger partial charge on any atom is -0.349 e. The monoisotopic (exact) mass is 255 g/mol. The Morgan fingerprint density at radius 2 is 2.11 bits per heavy atom. The Morgan fingerprint density at radius 3 is 2.84 bits per heavy atom. The second-order valence-electron chi connectivity index (χ2n) is 4.64. The van der Waals surface area contributed by atoms with Crippen LogP contribution in [0.3, 0.4) is 0 Å². The van der Waals surface area contributed by atoms with Crippen molar-refractivity contribution in [2.75, 3.05) is 0 Å². The molecule has 0 saturated heterocycles. The van der Waals surface area contributed by atoms with Crippen molar-refractivity contribution in [3.8, 4) is 0 Å². The van der Waals surface area contributed by atoms with Crippen molar-refractivity contribution in [2.24, 2.45) is 0 Å². The zero-order valence-electron chi connectivity index (χ0n) is 10.7. The molecule has 19 heavy (non-hydrogen) atoms. The predicted molar refractivity (Wildman–Crippen MR) is 73.3 cm³/mol. The first kappa shape index (κ1) is 11.6. The lowest BCUT2D eigenvalue weighted by atomic mass is 10.2. The molecule has 5 nitrogen and oxygen atoms in total. The van der Waals surface area contributed by atoms with Gasteiger partial charge in [0.05, 0.1) is 12.4 Å². The highest BCUT2D eigenvalue weighted by Gasteiger charge is 2.16. The van der Waals surface area contributed by atoms with Crippen LogP contribution >= 0.6 is 0 Å². The zero-order chi connectivity index (χ0) is 13.6. The van der Waals surface area contributed by atoms with Crippen molar-refractivity contribution < 1.29 is 4.79 Å². The molecular formula is C14H13N3O2. The number of aromatic amines is 1. The fraction of sp³-hybridized carbons (Fsp3) is 0.214. The predicted octanol–water partition coefficient (Wildman–Crippen LogP) is 2.03. The van der Waals surface area contributed by atoms with E-state index >= 15 is 0 Å². The van der Waals surface area contributed by atoms with Crippen LogP contribution in [0.5, 0.6) is 0 Å². The van der Waals surface area contributed by atoms with Crippen LogP contribution in [-0.2, 0) is 4.79 Å². The van der Waals surface area contributed by atoms with E-state index in [9.17, 15) is 9.59 Å². The van der Waals surface area contributed by atoms with Gasteiger partial charge in [0.2, 0.25) is 0 Å². The number of H-pyrrole nitrogens is 1. The number of para-hydroxylation sites is 1. The highest BCUT2D eigenvalue weighted by molar-refractivity contribution is 6.04. The molecule has 0 aliphatic carbocycles. The lowest BCUT2D eigenvalue weighted by molar-refractivity contribution is -0.119. The minimum atomic E-state index is -0.504. The Bertz CT molecular complexity index is 845. The number of Topliss-reactive ketones (excluding diaryl/α,β-unsaturated/α-hetero) is 1. The SMILES string of the molecule is CC(=O)C(C)n1cnc2c([nH]c3ccccc32)c1=O. The molecule has 0 spiro atoms. The Morgan fingerprint density at radius 1 is 1.37 bits per heavy atom. The van der Waals surface area contributed by atoms with Gasteiger partial charge in [-0.05, 0) is 19.9 Å². The molecule has 0 aliphatic rings. The number of aromatic nitrogens is 3. The summed E-state index contributed by atoms with van der Waals surface area (Å²) in [4.78, 5) is 31.2. The van der Waals surface area contributed by atoms with Gasteiger partial charge in [-0.1, -0.05) is 18.2 Å². The van der Waals surface area contributed by atoms with E-state index in [1.807, 2.05) is 24.3 Å². The van der Waals surface area contributed by atoms with Gasteiger partial charge < -0.3 is 4.98 Å². The second kappa shape index (κ2) is 4.05. The van der Waals surface area contributed by atoms with E-state index in [0.717, 1.165) is 10.9 Å². The van der Waals surface area contributed by atoms with Gasteiger partial charge in [-0.2, -0.15) is 0 Å². The lowest BCUT2D eigenvalue weighted by Crippen LogP contribution is -2.27. The molecule has 0 aliphatic heterocycles. The van der Waals surface area contributed by atoms with Crippen LogP contribution in [0.2, 0.25) is 0 Å². The number of carbonyl (C=O) groups is 1. The van der Waals surface area contributed by atoms with E-state index in [-0.39, 0.29) is 11.3 Å². The third kappa shape index (κ3) is 1.66. The first-order valence-corrected chi connectivity index (χ1v) is 6.07. The van der Waals surface area contributed by atoms with Crippen LogP contribution < -0.4 is 5.56 Å². The number of hydrogen-bond acceptors (Lipinski definition) is 3. The number of ketones is 1. The molecule has 2 heterocycles. The summed E-state index contributed by atoms with van der Waals surface area (Å²) in [5.74, 6) is -0.0700. The summed E-state index contributed by atoms with van der Waals surface area (Å²) >= 11 is 0. The Balaban J connectivity index is 2.37. The standard InChI is InChI=1S/C14H13N3O2/c1-8(9(2)18)17-7-15-12-10-5-3-4-6-11(10)16-13(12)14(17)19/h3-8,16H,1-2H3. The average Bonchev–Trinajstić information content (AvgIpc) is 2.78. The van der Waals surface area contributed by atoms with Crippen molar-refractivity contribution in [2.45, 2.75) is 19.9 Å². The zero-order valence-corrected chi connectivity index (χ0v) is 10.7. The highest BCUT2D eigenvalue weighted by Crippen LogP contribution is 2.21. The van der Waals surface area contributed by atoms with E-state index in [4.69, 9.17) is 0 Å². The largest absolute Gasteiger partial charge is 0.349 e. The maximum absolute atomic E-state index is 12.4. The smallest absolute Gasteiger partial charge is 0.278 e. The molecule has 1 N–H and O–H groups in total. The molecule has 0 fully saturated rings. The first-order valence-electron chi connectivity index (χ1n) is 6.07. The van der Waals surface area contributed by atoms with Crippen LogP contribution in [0.1, 0.15) is 19.9 Å². The van der Waals surface area contributed by atoms with E-state index in [1.54, 1.807) is 6.92 Å². The quantitative estimate of drug-likeness (QED) is 0.761. The topological polar surface area (TPSA) is 67.8 Å². The minimum absolute atomic E-state index is 0.0700. The molecular weight excluding hydrogens is 242 g/mol.